The first-order valence-corrected chi connectivity index (χ1v) is 6.33. The largest absolute Gasteiger partial charge is 0.508 e. The van der Waals surface area contributed by atoms with Crippen LogP contribution in [0.1, 0.15) is 10.5 Å². The quantitative estimate of drug-likeness (QED) is 0.773. The van der Waals surface area contributed by atoms with E-state index in [0.717, 1.165) is 5.56 Å². The fourth-order valence-electron chi connectivity index (χ4n) is 2.09. The maximum atomic E-state index is 11.2. The van der Waals surface area contributed by atoms with Gasteiger partial charge in [0, 0.05) is 5.56 Å². The van der Waals surface area contributed by atoms with E-state index in [1.807, 2.05) is 30.3 Å². The number of carbonyl (C=O) groups is 1. The van der Waals surface area contributed by atoms with Gasteiger partial charge in [0.2, 0.25) is 0 Å². The topological polar surface area (TPSA) is 75.3 Å². The molecule has 3 rings (SSSR count). The molecule has 0 bridgehead atoms. The molecule has 0 aliphatic rings. The molecule has 5 nitrogen and oxygen atoms in total. The SMILES string of the molecule is O=C(O)c1cc(-c2ccccc2)n(-c2ccc(O)cc2)n1. The van der Waals surface area contributed by atoms with E-state index in [4.69, 9.17) is 5.11 Å². The second-order valence-electron chi connectivity index (χ2n) is 4.51. The molecule has 0 saturated heterocycles. The Morgan fingerprint density at radius 3 is 2.29 bits per heavy atom. The number of phenolic OH excluding ortho intramolecular Hbond substituents is 1. The van der Waals surface area contributed by atoms with Crippen molar-refractivity contribution in [3.05, 3.63) is 66.4 Å². The molecular formula is C16H12N2O3. The number of hydrogen-bond donors (Lipinski definition) is 2. The lowest BCUT2D eigenvalue weighted by Crippen LogP contribution is -2.02. The third kappa shape index (κ3) is 2.49. The highest BCUT2D eigenvalue weighted by atomic mass is 16.4. The molecular weight excluding hydrogens is 268 g/mol. The lowest BCUT2D eigenvalue weighted by molar-refractivity contribution is 0.0690. The van der Waals surface area contributed by atoms with Crippen LogP contribution >= 0.6 is 0 Å². The predicted octanol–water partition coefficient (Wildman–Crippen LogP) is 2.94. The first-order chi connectivity index (χ1) is 10.1. The number of aromatic carboxylic acids is 1. The zero-order valence-corrected chi connectivity index (χ0v) is 11.0. The van der Waals surface area contributed by atoms with Crippen molar-refractivity contribution in [2.45, 2.75) is 0 Å². The first kappa shape index (κ1) is 12.9. The molecule has 0 saturated carbocycles. The minimum Gasteiger partial charge on any atom is -0.508 e. The number of nitrogens with zero attached hydrogens (tertiary/aromatic N) is 2. The Hall–Kier alpha value is -3.08. The van der Waals surface area contributed by atoms with Crippen LogP contribution in [0, 0.1) is 0 Å². The second-order valence-corrected chi connectivity index (χ2v) is 4.51. The van der Waals surface area contributed by atoms with Crippen molar-refractivity contribution in [1.29, 1.82) is 0 Å². The highest BCUT2D eigenvalue weighted by Crippen LogP contribution is 2.24. The fourth-order valence-corrected chi connectivity index (χ4v) is 2.09. The Balaban J connectivity index is 2.19. The molecule has 1 heterocycles. The Bertz CT molecular complexity index is 777. The summed E-state index contributed by atoms with van der Waals surface area (Å²) < 4.78 is 1.55. The lowest BCUT2D eigenvalue weighted by Gasteiger charge is -2.07. The number of hydrogen-bond acceptors (Lipinski definition) is 3. The van der Waals surface area contributed by atoms with Crippen molar-refractivity contribution in [2.75, 3.05) is 0 Å². The Morgan fingerprint density at radius 1 is 1.00 bits per heavy atom. The molecule has 0 atom stereocenters. The smallest absolute Gasteiger partial charge is 0.356 e. The molecule has 5 heteroatoms. The number of carboxylic acid groups (broad SMARTS) is 1. The number of aromatic nitrogens is 2. The van der Waals surface area contributed by atoms with E-state index in [9.17, 15) is 9.90 Å². The van der Waals surface area contributed by atoms with Crippen LogP contribution in [-0.4, -0.2) is 26.0 Å². The Morgan fingerprint density at radius 2 is 1.67 bits per heavy atom. The van der Waals surface area contributed by atoms with Crippen LogP contribution in [0.25, 0.3) is 16.9 Å². The molecule has 2 N–H and O–H groups in total. The maximum absolute atomic E-state index is 11.2. The van der Waals surface area contributed by atoms with Gasteiger partial charge in [0.1, 0.15) is 5.75 Å². The zero-order chi connectivity index (χ0) is 14.8. The molecule has 0 fully saturated rings. The molecule has 3 aromatic rings. The van der Waals surface area contributed by atoms with Crippen molar-refractivity contribution in [1.82, 2.24) is 9.78 Å². The lowest BCUT2D eigenvalue weighted by atomic mass is 10.1. The van der Waals surface area contributed by atoms with Crippen LogP contribution in [0.3, 0.4) is 0 Å². The third-order valence-corrected chi connectivity index (χ3v) is 3.09. The van der Waals surface area contributed by atoms with Gasteiger partial charge in [-0.25, -0.2) is 9.48 Å². The van der Waals surface area contributed by atoms with Gasteiger partial charge < -0.3 is 10.2 Å². The minimum absolute atomic E-state index is 0.0260. The summed E-state index contributed by atoms with van der Waals surface area (Å²) >= 11 is 0. The van der Waals surface area contributed by atoms with Crippen LogP contribution < -0.4 is 0 Å². The summed E-state index contributed by atoms with van der Waals surface area (Å²) in [6.45, 7) is 0. The van der Waals surface area contributed by atoms with Crippen molar-refractivity contribution >= 4 is 5.97 Å². The fraction of sp³-hybridized carbons (Fsp3) is 0. The summed E-state index contributed by atoms with van der Waals surface area (Å²) in [6, 6.07) is 17.4. The average Bonchev–Trinajstić information content (AvgIpc) is 2.94. The summed E-state index contributed by atoms with van der Waals surface area (Å²) in [5, 5.41) is 22.6. The van der Waals surface area contributed by atoms with E-state index in [1.54, 1.807) is 16.8 Å². The molecule has 0 aliphatic heterocycles. The summed E-state index contributed by atoms with van der Waals surface area (Å²) in [7, 11) is 0. The van der Waals surface area contributed by atoms with E-state index >= 15 is 0 Å². The monoisotopic (exact) mass is 280 g/mol. The average molecular weight is 280 g/mol. The van der Waals surface area contributed by atoms with Gasteiger partial charge in [0.15, 0.2) is 5.69 Å². The Labute approximate surface area is 120 Å². The molecule has 0 aliphatic carbocycles. The number of carboxylic acids is 1. The van der Waals surface area contributed by atoms with Gasteiger partial charge >= 0.3 is 5.97 Å². The van der Waals surface area contributed by atoms with Crippen LogP contribution in [0.5, 0.6) is 5.75 Å². The number of aromatic hydroxyl groups is 1. The zero-order valence-electron chi connectivity index (χ0n) is 11.0. The van der Waals surface area contributed by atoms with E-state index < -0.39 is 5.97 Å². The summed E-state index contributed by atoms with van der Waals surface area (Å²) in [4.78, 5) is 11.2. The van der Waals surface area contributed by atoms with Gasteiger partial charge in [0.25, 0.3) is 0 Å². The summed E-state index contributed by atoms with van der Waals surface area (Å²) in [5.41, 5.74) is 2.20. The van der Waals surface area contributed by atoms with Gasteiger partial charge in [-0.1, -0.05) is 30.3 Å². The normalized spacial score (nSPS) is 10.5. The predicted molar refractivity (Wildman–Crippen MR) is 77.6 cm³/mol. The van der Waals surface area contributed by atoms with Gasteiger partial charge in [-0.05, 0) is 30.3 Å². The van der Waals surface area contributed by atoms with E-state index in [0.29, 0.717) is 11.4 Å². The van der Waals surface area contributed by atoms with Gasteiger partial charge in [-0.2, -0.15) is 5.10 Å². The maximum Gasteiger partial charge on any atom is 0.356 e. The van der Waals surface area contributed by atoms with Gasteiger partial charge in [0.05, 0.1) is 11.4 Å². The summed E-state index contributed by atoms with van der Waals surface area (Å²) in [6.07, 6.45) is 0. The van der Waals surface area contributed by atoms with Gasteiger partial charge in [-0.15, -0.1) is 0 Å². The van der Waals surface area contributed by atoms with Crippen LogP contribution in [-0.2, 0) is 0 Å². The molecule has 21 heavy (non-hydrogen) atoms. The third-order valence-electron chi connectivity index (χ3n) is 3.09. The minimum atomic E-state index is -1.08. The van der Waals surface area contributed by atoms with Crippen LogP contribution in [0.2, 0.25) is 0 Å². The van der Waals surface area contributed by atoms with E-state index in [1.165, 1.54) is 18.2 Å². The molecule has 0 unspecified atom stereocenters. The molecule has 0 amide bonds. The molecule has 0 spiro atoms. The van der Waals surface area contributed by atoms with Crippen molar-refractivity contribution in [2.24, 2.45) is 0 Å². The van der Waals surface area contributed by atoms with E-state index in [-0.39, 0.29) is 11.4 Å². The number of phenols is 1. The standard InChI is InChI=1S/C16H12N2O3/c19-13-8-6-12(7-9-13)18-15(10-14(17-18)16(20)21)11-4-2-1-3-5-11/h1-10,19H,(H,20,21). The highest BCUT2D eigenvalue weighted by molar-refractivity contribution is 5.87. The van der Waals surface area contributed by atoms with Crippen molar-refractivity contribution in [3.8, 4) is 22.7 Å². The van der Waals surface area contributed by atoms with Crippen LogP contribution in [0.15, 0.2) is 60.7 Å². The Kier molecular flexibility index (Phi) is 3.16. The first-order valence-electron chi connectivity index (χ1n) is 6.33. The number of rotatable bonds is 3. The van der Waals surface area contributed by atoms with Crippen molar-refractivity contribution in [3.63, 3.8) is 0 Å². The number of benzene rings is 2. The molecule has 1 aromatic heterocycles. The molecule has 104 valence electrons. The van der Waals surface area contributed by atoms with Crippen LogP contribution in [0.4, 0.5) is 0 Å². The molecule has 0 radical (unpaired) electrons. The second kappa shape index (κ2) is 5.13. The van der Waals surface area contributed by atoms with Crippen molar-refractivity contribution < 1.29 is 15.0 Å². The van der Waals surface area contributed by atoms with E-state index in [2.05, 4.69) is 5.10 Å². The van der Waals surface area contributed by atoms with Gasteiger partial charge in [-0.3, -0.25) is 0 Å². The molecule has 2 aromatic carbocycles. The summed E-state index contributed by atoms with van der Waals surface area (Å²) in [5.74, 6) is -0.935. The highest BCUT2D eigenvalue weighted by Gasteiger charge is 2.15.